The van der Waals surface area contributed by atoms with E-state index in [9.17, 15) is 0 Å². The van der Waals surface area contributed by atoms with Gasteiger partial charge < -0.3 is 0 Å². The summed E-state index contributed by atoms with van der Waals surface area (Å²) in [5, 5.41) is 0.710. The Balaban J connectivity index is 2.56. The van der Waals surface area contributed by atoms with E-state index in [1.165, 1.54) is 17.5 Å². The van der Waals surface area contributed by atoms with Crippen LogP contribution in [0.3, 0.4) is 0 Å². The first-order chi connectivity index (χ1) is 7.59. The maximum atomic E-state index is 2.28. The second-order valence-corrected chi connectivity index (χ2v) is 7.72. The average molecular weight is 254 g/mol. The van der Waals surface area contributed by atoms with Crippen molar-refractivity contribution in [3.05, 3.63) is 35.4 Å². The standard InChI is InChI=1S/C14H22S2/c1-11(2)9-13-7-5-6-8-14(13)10-15-16-12(3)4/h5-8,11-12H,9-10H2,1-4H3. The van der Waals surface area contributed by atoms with Crippen molar-refractivity contribution in [2.45, 2.75) is 45.1 Å². The highest BCUT2D eigenvalue weighted by Crippen LogP contribution is 2.31. The number of hydrogen-bond donors (Lipinski definition) is 0. The molecule has 0 fully saturated rings. The predicted molar refractivity (Wildman–Crippen MR) is 79.0 cm³/mol. The molecule has 0 aliphatic carbocycles. The van der Waals surface area contributed by atoms with Gasteiger partial charge in [-0.3, -0.25) is 0 Å². The molecular formula is C14H22S2. The van der Waals surface area contributed by atoms with Crippen molar-refractivity contribution in [1.29, 1.82) is 0 Å². The van der Waals surface area contributed by atoms with E-state index in [0.717, 1.165) is 11.7 Å². The van der Waals surface area contributed by atoms with Crippen LogP contribution in [-0.2, 0) is 12.2 Å². The molecule has 0 amide bonds. The van der Waals surface area contributed by atoms with Crippen LogP contribution in [0.5, 0.6) is 0 Å². The number of benzene rings is 1. The van der Waals surface area contributed by atoms with Crippen LogP contribution in [0.15, 0.2) is 24.3 Å². The van der Waals surface area contributed by atoms with E-state index in [1.807, 2.05) is 21.6 Å². The van der Waals surface area contributed by atoms with Crippen LogP contribution in [-0.4, -0.2) is 5.25 Å². The first kappa shape index (κ1) is 14.0. The van der Waals surface area contributed by atoms with Gasteiger partial charge in [-0.05, 0) is 23.5 Å². The van der Waals surface area contributed by atoms with E-state index in [0.29, 0.717) is 5.25 Å². The molecule has 90 valence electrons. The van der Waals surface area contributed by atoms with Gasteiger partial charge in [0.05, 0.1) is 0 Å². The van der Waals surface area contributed by atoms with Crippen LogP contribution in [0.4, 0.5) is 0 Å². The molecule has 0 unspecified atom stereocenters. The fraction of sp³-hybridized carbons (Fsp3) is 0.571. The van der Waals surface area contributed by atoms with E-state index in [-0.39, 0.29) is 0 Å². The third-order valence-electron chi connectivity index (χ3n) is 2.22. The maximum Gasteiger partial charge on any atom is 0.0291 e. The zero-order valence-electron chi connectivity index (χ0n) is 10.7. The molecule has 0 bridgehead atoms. The van der Waals surface area contributed by atoms with Crippen LogP contribution in [0.2, 0.25) is 0 Å². The molecule has 1 rings (SSSR count). The molecule has 0 saturated carbocycles. The largest absolute Gasteiger partial charge is 0.0910 e. The van der Waals surface area contributed by atoms with E-state index < -0.39 is 0 Å². The topological polar surface area (TPSA) is 0 Å². The van der Waals surface area contributed by atoms with Gasteiger partial charge in [-0.25, -0.2) is 0 Å². The molecule has 0 aromatic heterocycles. The van der Waals surface area contributed by atoms with E-state index in [2.05, 4.69) is 52.0 Å². The first-order valence-electron chi connectivity index (χ1n) is 5.94. The monoisotopic (exact) mass is 254 g/mol. The van der Waals surface area contributed by atoms with E-state index in [4.69, 9.17) is 0 Å². The molecule has 0 atom stereocenters. The summed E-state index contributed by atoms with van der Waals surface area (Å²) in [5.41, 5.74) is 3.03. The Labute approximate surface area is 108 Å². The minimum Gasteiger partial charge on any atom is -0.0910 e. The zero-order chi connectivity index (χ0) is 12.0. The molecule has 0 saturated heterocycles. The van der Waals surface area contributed by atoms with Gasteiger partial charge in [-0.1, -0.05) is 73.5 Å². The molecule has 0 radical (unpaired) electrons. The van der Waals surface area contributed by atoms with Gasteiger partial charge in [0, 0.05) is 11.0 Å². The highest BCUT2D eigenvalue weighted by molar-refractivity contribution is 8.76. The summed E-state index contributed by atoms with van der Waals surface area (Å²) in [6.07, 6.45) is 1.20. The van der Waals surface area contributed by atoms with Gasteiger partial charge in [-0.15, -0.1) is 0 Å². The predicted octanol–water partition coefficient (Wildman–Crippen LogP) is 5.17. The van der Waals surface area contributed by atoms with Crippen molar-refractivity contribution in [1.82, 2.24) is 0 Å². The second kappa shape index (κ2) is 7.29. The summed E-state index contributed by atoms with van der Waals surface area (Å²) in [6.45, 7) is 9.06. The Morgan fingerprint density at radius 3 is 2.19 bits per heavy atom. The zero-order valence-corrected chi connectivity index (χ0v) is 12.3. The van der Waals surface area contributed by atoms with Crippen LogP contribution in [0, 0.1) is 5.92 Å². The molecule has 0 N–H and O–H groups in total. The molecule has 0 heterocycles. The Hall–Kier alpha value is -0.0800. The summed E-state index contributed by atoms with van der Waals surface area (Å²) in [6, 6.07) is 8.85. The lowest BCUT2D eigenvalue weighted by Crippen LogP contribution is -1.98. The summed E-state index contributed by atoms with van der Waals surface area (Å²) in [7, 11) is 3.94. The Morgan fingerprint density at radius 1 is 1.00 bits per heavy atom. The second-order valence-electron chi connectivity index (χ2n) is 4.77. The van der Waals surface area contributed by atoms with Gasteiger partial charge in [-0.2, -0.15) is 0 Å². The molecule has 0 nitrogen and oxygen atoms in total. The Kier molecular flexibility index (Phi) is 6.37. The summed E-state index contributed by atoms with van der Waals surface area (Å²) in [5.74, 6) is 1.87. The molecule has 1 aromatic rings. The highest BCUT2D eigenvalue weighted by Gasteiger charge is 2.05. The highest BCUT2D eigenvalue weighted by atomic mass is 33.1. The first-order valence-corrected chi connectivity index (χ1v) is 8.33. The van der Waals surface area contributed by atoms with Crippen molar-refractivity contribution >= 4 is 21.6 Å². The van der Waals surface area contributed by atoms with Crippen molar-refractivity contribution in [3.63, 3.8) is 0 Å². The van der Waals surface area contributed by atoms with Crippen LogP contribution >= 0.6 is 21.6 Å². The van der Waals surface area contributed by atoms with Crippen LogP contribution in [0.1, 0.15) is 38.8 Å². The Morgan fingerprint density at radius 2 is 1.62 bits per heavy atom. The number of hydrogen-bond acceptors (Lipinski definition) is 2. The Bertz CT molecular complexity index is 305. The van der Waals surface area contributed by atoms with Gasteiger partial charge >= 0.3 is 0 Å². The summed E-state index contributed by atoms with van der Waals surface area (Å²) in [4.78, 5) is 0. The molecular weight excluding hydrogens is 232 g/mol. The normalized spacial score (nSPS) is 11.4. The molecule has 0 spiro atoms. The van der Waals surface area contributed by atoms with Gasteiger partial charge in [0.2, 0.25) is 0 Å². The minimum atomic E-state index is 0.710. The molecule has 2 heteroatoms. The molecule has 16 heavy (non-hydrogen) atoms. The summed E-state index contributed by atoms with van der Waals surface area (Å²) < 4.78 is 0. The average Bonchev–Trinajstić information content (AvgIpc) is 2.19. The van der Waals surface area contributed by atoms with Gasteiger partial charge in [0.1, 0.15) is 0 Å². The third kappa shape index (κ3) is 5.31. The SMILES string of the molecule is CC(C)Cc1ccccc1CSSC(C)C. The molecule has 1 aromatic carbocycles. The lowest BCUT2D eigenvalue weighted by molar-refractivity contribution is 0.644. The lowest BCUT2D eigenvalue weighted by atomic mass is 9.99. The molecule has 0 aliphatic rings. The van der Waals surface area contributed by atoms with Crippen molar-refractivity contribution in [2.75, 3.05) is 0 Å². The van der Waals surface area contributed by atoms with E-state index in [1.54, 1.807) is 0 Å². The smallest absolute Gasteiger partial charge is 0.0291 e. The molecule has 0 aliphatic heterocycles. The number of rotatable bonds is 6. The van der Waals surface area contributed by atoms with Crippen molar-refractivity contribution in [2.24, 2.45) is 5.92 Å². The fourth-order valence-electron chi connectivity index (χ4n) is 1.57. The van der Waals surface area contributed by atoms with Crippen LogP contribution < -0.4 is 0 Å². The minimum absolute atomic E-state index is 0.710. The van der Waals surface area contributed by atoms with Crippen molar-refractivity contribution < 1.29 is 0 Å². The summed E-state index contributed by atoms with van der Waals surface area (Å²) >= 11 is 0. The van der Waals surface area contributed by atoms with Gasteiger partial charge in [0.15, 0.2) is 0 Å². The van der Waals surface area contributed by atoms with Crippen LogP contribution in [0.25, 0.3) is 0 Å². The quantitative estimate of drug-likeness (QED) is 0.642. The third-order valence-corrected chi connectivity index (χ3v) is 5.09. The lowest BCUT2D eigenvalue weighted by Gasteiger charge is -2.11. The maximum absolute atomic E-state index is 2.28. The van der Waals surface area contributed by atoms with E-state index >= 15 is 0 Å². The van der Waals surface area contributed by atoms with Gasteiger partial charge in [0.25, 0.3) is 0 Å². The van der Waals surface area contributed by atoms with Crippen molar-refractivity contribution in [3.8, 4) is 0 Å². The fourth-order valence-corrected chi connectivity index (χ4v) is 3.72.